The van der Waals surface area contributed by atoms with Crippen LogP contribution in [0.1, 0.15) is 43.4 Å². The summed E-state index contributed by atoms with van der Waals surface area (Å²) in [6.45, 7) is 4.11. The molecule has 0 radical (unpaired) electrons. The lowest BCUT2D eigenvalue weighted by atomic mass is 9.86. The quantitative estimate of drug-likeness (QED) is 0.701. The number of carbonyl (C=O) groups excluding carboxylic acids is 2. The molecule has 2 aliphatic rings. The molecule has 0 spiro atoms. The Labute approximate surface area is 163 Å². The normalized spacial score (nSPS) is 23.4. The molecule has 2 N–H and O–H groups in total. The Morgan fingerprint density at radius 2 is 1.93 bits per heavy atom. The Balaban J connectivity index is 1.45. The summed E-state index contributed by atoms with van der Waals surface area (Å²) in [6, 6.07) is 4.19. The van der Waals surface area contributed by atoms with Crippen molar-refractivity contribution < 1.29 is 19.5 Å². The van der Waals surface area contributed by atoms with Crippen molar-refractivity contribution in [3.63, 3.8) is 0 Å². The molecule has 2 fully saturated rings. The van der Waals surface area contributed by atoms with Crippen molar-refractivity contribution in [3.8, 4) is 0 Å². The number of aliphatic carboxylic acids is 1. The largest absolute Gasteiger partial charge is 0.481 e. The molecule has 1 unspecified atom stereocenters. The topological polar surface area (TPSA) is 90.0 Å². The minimum Gasteiger partial charge on any atom is -0.481 e. The van der Waals surface area contributed by atoms with E-state index < -0.39 is 11.5 Å². The number of rotatable bonds is 8. The zero-order valence-electron chi connectivity index (χ0n) is 15.5. The SMILES string of the molecule is O=C(O)CCC1(CCC(=O)N2CCN(Cc3cccs3)CC2)CCC(=O)N1. The van der Waals surface area contributed by atoms with Crippen molar-refractivity contribution in [1.82, 2.24) is 15.1 Å². The van der Waals surface area contributed by atoms with E-state index in [2.05, 4.69) is 27.7 Å². The molecule has 1 aromatic heterocycles. The van der Waals surface area contributed by atoms with Crippen LogP contribution in [0.3, 0.4) is 0 Å². The van der Waals surface area contributed by atoms with E-state index in [1.165, 1.54) is 4.88 Å². The maximum atomic E-state index is 12.6. The summed E-state index contributed by atoms with van der Waals surface area (Å²) in [6.07, 6.45) is 2.28. The highest BCUT2D eigenvalue weighted by Gasteiger charge is 2.38. The molecule has 27 heavy (non-hydrogen) atoms. The van der Waals surface area contributed by atoms with Gasteiger partial charge in [0, 0.05) is 62.4 Å². The van der Waals surface area contributed by atoms with Gasteiger partial charge in [0.15, 0.2) is 0 Å². The molecule has 0 bridgehead atoms. The predicted octanol–water partition coefficient (Wildman–Crippen LogP) is 1.69. The summed E-state index contributed by atoms with van der Waals surface area (Å²) in [5.74, 6) is -0.819. The van der Waals surface area contributed by atoms with E-state index in [1.54, 1.807) is 11.3 Å². The number of nitrogens with zero attached hydrogens (tertiary/aromatic N) is 2. The van der Waals surface area contributed by atoms with Gasteiger partial charge in [0.05, 0.1) is 0 Å². The van der Waals surface area contributed by atoms with Crippen LogP contribution >= 0.6 is 11.3 Å². The highest BCUT2D eigenvalue weighted by molar-refractivity contribution is 7.09. The van der Waals surface area contributed by atoms with Crippen molar-refractivity contribution in [2.24, 2.45) is 0 Å². The lowest BCUT2D eigenvalue weighted by Crippen LogP contribution is -2.49. The number of hydrogen-bond acceptors (Lipinski definition) is 5. The van der Waals surface area contributed by atoms with E-state index in [1.807, 2.05) is 4.90 Å². The summed E-state index contributed by atoms with van der Waals surface area (Å²) in [4.78, 5) is 40.8. The molecule has 0 aromatic carbocycles. The van der Waals surface area contributed by atoms with Crippen molar-refractivity contribution >= 4 is 29.1 Å². The van der Waals surface area contributed by atoms with Crippen LogP contribution in [0.4, 0.5) is 0 Å². The van der Waals surface area contributed by atoms with E-state index in [-0.39, 0.29) is 18.2 Å². The van der Waals surface area contributed by atoms with Crippen LogP contribution in [0.15, 0.2) is 17.5 Å². The fraction of sp³-hybridized carbons (Fsp3) is 0.632. The van der Waals surface area contributed by atoms with E-state index in [0.717, 1.165) is 32.7 Å². The molecule has 1 aromatic rings. The second-order valence-corrected chi connectivity index (χ2v) is 8.49. The van der Waals surface area contributed by atoms with Crippen molar-refractivity contribution in [2.75, 3.05) is 26.2 Å². The molecule has 1 atom stereocenters. The third-order valence-corrected chi connectivity index (χ3v) is 6.42. The highest BCUT2D eigenvalue weighted by atomic mass is 32.1. The molecular weight excluding hydrogens is 366 g/mol. The molecule has 7 nitrogen and oxygen atoms in total. The van der Waals surface area contributed by atoms with E-state index in [0.29, 0.717) is 32.1 Å². The van der Waals surface area contributed by atoms with Gasteiger partial charge in [-0.05, 0) is 30.7 Å². The summed E-state index contributed by atoms with van der Waals surface area (Å²) < 4.78 is 0. The molecule has 8 heteroatoms. The highest BCUT2D eigenvalue weighted by Crippen LogP contribution is 2.30. The van der Waals surface area contributed by atoms with Gasteiger partial charge in [0.25, 0.3) is 0 Å². The Hall–Kier alpha value is -1.93. The van der Waals surface area contributed by atoms with E-state index >= 15 is 0 Å². The van der Waals surface area contributed by atoms with Gasteiger partial charge in [0.2, 0.25) is 11.8 Å². The molecule has 3 heterocycles. The number of thiophene rings is 1. The number of nitrogens with one attached hydrogen (secondary N) is 1. The second kappa shape index (κ2) is 8.84. The van der Waals surface area contributed by atoms with Crippen LogP contribution in [-0.2, 0) is 20.9 Å². The zero-order chi connectivity index (χ0) is 19.3. The lowest BCUT2D eigenvalue weighted by Gasteiger charge is -2.35. The lowest BCUT2D eigenvalue weighted by molar-refractivity contribution is -0.137. The van der Waals surface area contributed by atoms with Gasteiger partial charge in [-0.3, -0.25) is 19.3 Å². The van der Waals surface area contributed by atoms with E-state index in [4.69, 9.17) is 5.11 Å². The van der Waals surface area contributed by atoms with Crippen LogP contribution in [0.2, 0.25) is 0 Å². The maximum Gasteiger partial charge on any atom is 0.303 e. The summed E-state index contributed by atoms with van der Waals surface area (Å²) in [7, 11) is 0. The van der Waals surface area contributed by atoms with Gasteiger partial charge >= 0.3 is 5.97 Å². The number of carboxylic acid groups (broad SMARTS) is 1. The van der Waals surface area contributed by atoms with Crippen LogP contribution in [0, 0.1) is 0 Å². The minimum atomic E-state index is -0.872. The number of piperazine rings is 1. The number of amides is 2. The molecular formula is C19H27N3O4S. The monoisotopic (exact) mass is 393 g/mol. The number of hydrogen-bond donors (Lipinski definition) is 2. The van der Waals surface area contributed by atoms with Crippen molar-refractivity contribution in [1.29, 1.82) is 0 Å². The average molecular weight is 394 g/mol. The van der Waals surface area contributed by atoms with E-state index in [9.17, 15) is 14.4 Å². The number of carboxylic acids is 1. The van der Waals surface area contributed by atoms with Crippen molar-refractivity contribution in [3.05, 3.63) is 22.4 Å². The molecule has 0 aliphatic carbocycles. The molecule has 2 saturated heterocycles. The predicted molar refractivity (Wildman–Crippen MR) is 102 cm³/mol. The first kappa shape index (κ1) is 19.8. The first-order valence-electron chi connectivity index (χ1n) is 9.51. The summed E-state index contributed by atoms with van der Waals surface area (Å²) in [5, 5.41) is 14.0. The molecule has 2 aliphatic heterocycles. The van der Waals surface area contributed by atoms with Gasteiger partial charge in [-0.25, -0.2) is 0 Å². The minimum absolute atomic E-state index is 0.00979. The third kappa shape index (κ3) is 5.52. The van der Waals surface area contributed by atoms with Crippen LogP contribution in [0.25, 0.3) is 0 Å². The molecule has 3 rings (SSSR count). The van der Waals surface area contributed by atoms with Gasteiger partial charge in [-0.15, -0.1) is 11.3 Å². The first-order valence-corrected chi connectivity index (χ1v) is 10.4. The summed E-state index contributed by atoms with van der Waals surface area (Å²) >= 11 is 1.75. The fourth-order valence-corrected chi connectivity index (χ4v) is 4.65. The first-order chi connectivity index (χ1) is 13.0. The smallest absolute Gasteiger partial charge is 0.303 e. The van der Waals surface area contributed by atoms with Gasteiger partial charge in [0.1, 0.15) is 0 Å². The number of carbonyl (C=O) groups is 3. The molecule has 148 valence electrons. The fourth-order valence-electron chi connectivity index (χ4n) is 3.90. The Bertz CT molecular complexity index is 671. The standard InChI is InChI=1S/C19H27N3O4S/c23-16-3-6-19(20-16,8-5-18(25)26)7-4-17(24)22-11-9-21(10-12-22)14-15-2-1-13-27-15/h1-2,13H,3-12,14H2,(H,20,23)(H,25,26). The average Bonchev–Trinajstić information content (AvgIpc) is 3.29. The van der Waals surface area contributed by atoms with Crippen LogP contribution in [-0.4, -0.2) is 64.4 Å². The summed E-state index contributed by atoms with van der Waals surface area (Å²) in [5.41, 5.74) is -0.536. The van der Waals surface area contributed by atoms with Gasteiger partial charge < -0.3 is 15.3 Å². The Morgan fingerprint density at radius 1 is 1.19 bits per heavy atom. The van der Waals surface area contributed by atoms with Gasteiger partial charge in [-0.2, -0.15) is 0 Å². The maximum absolute atomic E-state index is 12.6. The zero-order valence-corrected chi connectivity index (χ0v) is 16.3. The second-order valence-electron chi connectivity index (χ2n) is 7.46. The Kier molecular flexibility index (Phi) is 6.49. The molecule has 2 amide bonds. The van der Waals surface area contributed by atoms with Crippen molar-refractivity contribution in [2.45, 2.75) is 50.6 Å². The third-order valence-electron chi connectivity index (χ3n) is 5.55. The van der Waals surface area contributed by atoms with Gasteiger partial charge in [-0.1, -0.05) is 6.07 Å². The van der Waals surface area contributed by atoms with Crippen LogP contribution in [0.5, 0.6) is 0 Å². The Morgan fingerprint density at radius 3 is 2.52 bits per heavy atom. The molecule has 0 saturated carbocycles. The van der Waals surface area contributed by atoms with Crippen LogP contribution < -0.4 is 5.32 Å².